The number of nitrogens with zero attached hydrogens (tertiary/aromatic N) is 6. The van der Waals surface area contributed by atoms with Crippen LogP contribution in [0, 0.1) is 0 Å². The van der Waals surface area contributed by atoms with E-state index in [2.05, 4.69) is 25.2 Å². The number of ether oxygens (including phenoxy) is 2. The molecule has 40 heavy (non-hydrogen) atoms. The molecule has 3 heterocycles. The van der Waals surface area contributed by atoms with Gasteiger partial charge in [-0.2, -0.15) is 10.1 Å². The molecule has 0 atom stereocenters. The molecule has 1 saturated heterocycles. The van der Waals surface area contributed by atoms with Crippen LogP contribution in [0.1, 0.15) is 18.4 Å². The smallest absolute Gasteiger partial charge is 0.241 e. The highest BCUT2D eigenvalue weighted by Gasteiger charge is 2.17. The maximum Gasteiger partial charge on any atom is 0.241 e. The van der Waals surface area contributed by atoms with E-state index < -0.39 is 5.91 Å². The maximum atomic E-state index is 11.6. The Labute approximate surface area is 233 Å². The molecule has 0 aliphatic carbocycles. The number of nitrogens with two attached hydrogens (primary N) is 1. The zero-order chi connectivity index (χ0) is 28.1. The molecule has 1 fully saturated rings. The lowest BCUT2D eigenvalue weighted by Gasteiger charge is -2.26. The van der Waals surface area contributed by atoms with E-state index in [-0.39, 0.29) is 0 Å². The number of nitrogens with one attached hydrogen (secondary N) is 1. The second kappa shape index (κ2) is 12.0. The van der Waals surface area contributed by atoms with Gasteiger partial charge in [0.05, 0.1) is 31.6 Å². The molecule has 1 amide bonds. The average molecular weight is 543 g/mol. The van der Waals surface area contributed by atoms with Gasteiger partial charge in [0, 0.05) is 67.2 Å². The Hall–Kier alpha value is -4.64. The highest BCUT2D eigenvalue weighted by Crippen LogP contribution is 2.35. The van der Waals surface area contributed by atoms with Gasteiger partial charge in [-0.25, -0.2) is 9.67 Å². The Kier molecular flexibility index (Phi) is 8.11. The van der Waals surface area contributed by atoms with Crippen LogP contribution in [-0.2, 0) is 4.79 Å². The molecule has 2 aromatic heterocycles. The SMILES string of the molecule is COc1ccc2cnn(-c3ccnc(Nc4cc(C=CC(N)=O)c(N(C)CCN5CCCC5)cc4OC)n3)c2c1. The van der Waals surface area contributed by atoms with E-state index in [9.17, 15) is 4.79 Å². The van der Waals surface area contributed by atoms with Crippen LogP contribution < -0.4 is 25.4 Å². The number of likely N-dealkylation sites (N-methyl/N-ethyl adjacent to an activating group) is 1. The van der Waals surface area contributed by atoms with Gasteiger partial charge >= 0.3 is 0 Å². The summed E-state index contributed by atoms with van der Waals surface area (Å²) in [6.45, 7) is 4.07. The monoisotopic (exact) mass is 542 g/mol. The molecule has 3 N–H and O–H groups in total. The average Bonchev–Trinajstić information content (AvgIpc) is 3.64. The first kappa shape index (κ1) is 26.9. The first-order valence-corrected chi connectivity index (χ1v) is 13.2. The lowest BCUT2D eigenvalue weighted by atomic mass is 10.1. The van der Waals surface area contributed by atoms with Crippen molar-refractivity contribution in [3.05, 3.63) is 60.4 Å². The molecule has 0 bridgehead atoms. The second-order valence-electron chi connectivity index (χ2n) is 9.66. The highest BCUT2D eigenvalue weighted by atomic mass is 16.5. The molecule has 0 unspecified atom stereocenters. The van der Waals surface area contributed by atoms with E-state index >= 15 is 0 Å². The van der Waals surface area contributed by atoms with Crippen molar-refractivity contribution in [3.8, 4) is 17.3 Å². The third-order valence-electron chi connectivity index (χ3n) is 7.02. The molecule has 0 spiro atoms. The number of carbonyl (C=O) groups is 1. The van der Waals surface area contributed by atoms with E-state index in [0.717, 1.165) is 54.1 Å². The van der Waals surface area contributed by atoms with E-state index in [1.54, 1.807) is 43.4 Å². The molecular formula is C29H34N8O3. The van der Waals surface area contributed by atoms with Gasteiger partial charge in [-0.15, -0.1) is 0 Å². The van der Waals surface area contributed by atoms with Gasteiger partial charge in [-0.05, 0) is 50.2 Å². The number of fused-ring (bicyclic) bond motifs is 1. The topological polar surface area (TPSA) is 124 Å². The Morgan fingerprint density at radius 2 is 1.98 bits per heavy atom. The van der Waals surface area contributed by atoms with Crippen LogP contribution in [0.2, 0.25) is 0 Å². The zero-order valence-electron chi connectivity index (χ0n) is 23.0. The molecule has 0 saturated carbocycles. The number of hydrogen-bond donors (Lipinski definition) is 2. The number of methoxy groups -OCH3 is 2. The number of carbonyl (C=O) groups excluding carboxylic acids is 1. The van der Waals surface area contributed by atoms with Crippen molar-refractivity contribution in [2.45, 2.75) is 12.8 Å². The van der Waals surface area contributed by atoms with Crippen LogP contribution in [0.4, 0.5) is 17.3 Å². The van der Waals surface area contributed by atoms with Crippen molar-refractivity contribution < 1.29 is 14.3 Å². The van der Waals surface area contributed by atoms with Gasteiger partial charge < -0.3 is 30.3 Å². The maximum absolute atomic E-state index is 11.6. The fourth-order valence-electron chi connectivity index (χ4n) is 4.86. The first-order chi connectivity index (χ1) is 19.4. The zero-order valence-corrected chi connectivity index (χ0v) is 23.0. The minimum absolute atomic E-state index is 0.363. The highest BCUT2D eigenvalue weighted by molar-refractivity contribution is 5.92. The van der Waals surface area contributed by atoms with Gasteiger partial charge in [0.25, 0.3) is 0 Å². The Morgan fingerprint density at radius 3 is 2.73 bits per heavy atom. The van der Waals surface area contributed by atoms with Crippen molar-refractivity contribution in [1.29, 1.82) is 0 Å². The van der Waals surface area contributed by atoms with Gasteiger partial charge in [-0.1, -0.05) is 0 Å². The van der Waals surface area contributed by atoms with Crippen molar-refractivity contribution >= 4 is 40.2 Å². The summed E-state index contributed by atoms with van der Waals surface area (Å²) in [5, 5.41) is 8.75. The van der Waals surface area contributed by atoms with E-state index in [0.29, 0.717) is 23.2 Å². The number of anilines is 3. The standard InChI is InChI=1S/C29H34N8O3/c1-35(14-15-36-12-4-5-13-36)24-18-26(40-3)23(16-20(24)7-9-27(30)38)33-29-31-11-10-28(34-29)37-25-17-22(39-2)8-6-21(25)19-32-37/h6-11,16-19H,4-5,12-15H2,1-3H3,(H2,30,38)(H,31,33,34). The lowest BCUT2D eigenvalue weighted by molar-refractivity contribution is -0.113. The Balaban J connectivity index is 1.45. The van der Waals surface area contributed by atoms with Crippen molar-refractivity contribution in [2.24, 2.45) is 5.73 Å². The number of aromatic nitrogens is 4. The van der Waals surface area contributed by atoms with Crippen molar-refractivity contribution in [1.82, 2.24) is 24.6 Å². The fourth-order valence-corrected chi connectivity index (χ4v) is 4.86. The molecule has 11 nitrogen and oxygen atoms in total. The summed E-state index contributed by atoms with van der Waals surface area (Å²) >= 11 is 0. The lowest BCUT2D eigenvalue weighted by Crippen LogP contribution is -2.31. The molecular weight excluding hydrogens is 508 g/mol. The van der Waals surface area contributed by atoms with Gasteiger partial charge in [0.2, 0.25) is 11.9 Å². The fraction of sp³-hybridized carbons (Fsp3) is 0.310. The summed E-state index contributed by atoms with van der Waals surface area (Å²) < 4.78 is 12.9. The Bertz CT molecular complexity index is 1530. The second-order valence-corrected chi connectivity index (χ2v) is 9.66. The van der Waals surface area contributed by atoms with Crippen LogP contribution in [0.5, 0.6) is 11.5 Å². The molecule has 208 valence electrons. The summed E-state index contributed by atoms with van der Waals surface area (Å²) in [7, 11) is 5.29. The minimum Gasteiger partial charge on any atom is -0.497 e. The minimum atomic E-state index is -0.518. The van der Waals surface area contributed by atoms with Gasteiger partial charge in [0.1, 0.15) is 11.5 Å². The molecule has 5 rings (SSSR count). The molecule has 0 radical (unpaired) electrons. The van der Waals surface area contributed by atoms with Gasteiger partial charge in [-0.3, -0.25) is 4.79 Å². The molecule has 1 aliphatic rings. The quantitative estimate of drug-likeness (QED) is 0.274. The van der Waals surface area contributed by atoms with Crippen LogP contribution in [-0.4, -0.2) is 78.0 Å². The number of rotatable bonds is 11. The van der Waals surface area contributed by atoms with Crippen molar-refractivity contribution in [3.63, 3.8) is 0 Å². The van der Waals surface area contributed by atoms with Crippen LogP contribution in [0.25, 0.3) is 22.8 Å². The Morgan fingerprint density at radius 1 is 1.15 bits per heavy atom. The van der Waals surface area contributed by atoms with E-state index in [1.807, 2.05) is 37.4 Å². The molecule has 2 aromatic carbocycles. The molecule has 1 aliphatic heterocycles. The van der Waals surface area contributed by atoms with Crippen LogP contribution in [0.15, 0.2) is 54.9 Å². The molecule has 4 aromatic rings. The predicted molar refractivity (Wildman–Crippen MR) is 157 cm³/mol. The molecule has 11 heteroatoms. The third kappa shape index (κ3) is 5.99. The third-order valence-corrected chi connectivity index (χ3v) is 7.02. The number of amides is 1. The summed E-state index contributed by atoms with van der Waals surface area (Å²) in [4.78, 5) is 25.3. The summed E-state index contributed by atoms with van der Waals surface area (Å²) in [6.07, 6.45) is 9.02. The summed E-state index contributed by atoms with van der Waals surface area (Å²) in [5.74, 6) is 1.78. The normalized spacial score (nSPS) is 13.7. The summed E-state index contributed by atoms with van der Waals surface area (Å²) in [6, 6.07) is 11.4. The van der Waals surface area contributed by atoms with Gasteiger partial charge in [0.15, 0.2) is 5.82 Å². The van der Waals surface area contributed by atoms with E-state index in [1.165, 1.54) is 18.9 Å². The van der Waals surface area contributed by atoms with Crippen molar-refractivity contribution in [2.75, 3.05) is 57.7 Å². The largest absolute Gasteiger partial charge is 0.497 e. The number of benzene rings is 2. The van der Waals surface area contributed by atoms with E-state index in [4.69, 9.17) is 20.2 Å². The number of likely N-dealkylation sites (tertiary alicyclic amines) is 1. The van der Waals surface area contributed by atoms with Crippen LogP contribution >= 0.6 is 0 Å². The summed E-state index contributed by atoms with van der Waals surface area (Å²) in [5.41, 5.74) is 8.67. The predicted octanol–water partition coefficient (Wildman–Crippen LogP) is 3.61. The number of hydrogen-bond acceptors (Lipinski definition) is 9. The first-order valence-electron chi connectivity index (χ1n) is 13.2. The number of primary amides is 1. The van der Waals surface area contributed by atoms with Crippen LogP contribution in [0.3, 0.4) is 0 Å².